The number of pyridine rings is 1. The molecule has 0 radical (unpaired) electrons. The minimum absolute atomic E-state index is 0.108. The minimum Gasteiger partial charge on any atom is -0.664 e. The van der Waals surface area contributed by atoms with Crippen LogP contribution in [0.2, 0.25) is 0 Å². The molecule has 0 aliphatic heterocycles. The van der Waals surface area contributed by atoms with Gasteiger partial charge in [-0.3, -0.25) is 14.6 Å². The van der Waals surface area contributed by atoms with Crippen molar-refractivity contribution in [1.29, 1.82) is 0 Å². The van der Waals surface area contributed by atoms with Crippen LogP contribution < -0.4 is 16.2 Å². The Hall–Kier alpha value is -4.33. The van der Waals surface area contributed by atoms with Gasteiger partial charge in [0.1, 0.15) is 5.82 Å². The highest BCUT2D eigenvalue weighted by molar-refractivity contribution is 5.91. The van der Waals surface area contributed by atoms with E-state index in [-0.39, 0.29) is 29.4 Å². The summed E-state index contributed by atoms with van der Waals surface area (Å²) in [5.41, 5.74) is 5.44. The van der Waals surface area contributed by atoms with E-state index >= 15 is 0 Å². The van der Waals surface area contributed by atoms with E-state index in [1.54, 1.807) is 6.07 Å². The zero-order valence-corrected chi connectivity index (χ0v) is 18.3. The van der Waals surface area contributed by atoms with Crippen LogP contribution in [0.3, 0.4) is 0 Å². The Balaban J connectivity index is 0.000000303. The summed E-state index contributed by atoms with van der Waals surface area (Å²) in [7, 11) is 0. The molecule has 3 aromatic rings. The molecule has 4 rings (SSSR count). The molecule has 190 valence electrons. The first-order chi connectivity index (χ1) is 16.9. The number of benzene rings is 1. The van der Waals surface area contributed by atoms with E-state index in [1.165, 1.54) is 12.3 Å². The van der Waals surface area contributed by atoms with Crippen LogP contribution in [0.5, 0.6) is 0 Å². The first-order valence-corrected chi connectivity index (χ1v) is 10.3. The maximum absolute atomic E-state index is 13.1. The number of aromatic carboxylic acids is 1. The third-order valence-electron chi connectivity index (χ3n) is 4.92. The van der Waals surface area contributed by atoms with Gasteiger partial charge in [-0.15, -0.1) is 0 Å². The van der Waals surface area contributed by atoms with Crippen molar-refractivity contribution in [2.45, 2.75) is 31.1 Å². The second-order valence-electron chi connectivity index (χ2n) is 7.75. The molecule has 0 saturated heterocycles. The Morgan fingerprint density at radius 1 is 1.14 bits per heavy atom. The van der Waals surface area contributed by atoms with Crippen LogP contribution in [-0.4, -0.2) is 37.7 Å². The van der Waals surface area contributed by atoms with Gasteiger partial charge in [-0.05, 0) is 35.9 Å². The molecule has 0 spiro atoms. The lowest BCUT2D eigenvalue weighted by molar-refractivity contribution is -0.137. The van der Waals surface area contributed by atoms with Crippen LogP contribution >= 0.6 is 0 Å². The number of aromatic amines is 1. The third kappa shape index (κ3) is 7.09. The Morgan fingerprint density at radius 2 is 1.86 bits per heavy atom. The van der Waals surface area contributed by atoms with Crippen LogP contribution in [0.4, 0.5) is 28.9 Å². The van der Waals surface area contributed by atoms with Gasteiger partial charge in [-0.2, -0.15) is 18.3 Å². The summed E-state index contributed by atoms with van der Waals surface area (Å²) in [6.07, 6.45) is -1.23. The zero-order chi connectivity index (χ0) is 26.5. The molecule has 0 unspecified atom stereocenters. The van der Waals surface area contributed by atoms with E-state index in [0.717, 1.165) is 24.4 Å². The van der Waals surface area contributed by atoms with Crippen molar-refractivity contribution in [3.63, 3.8) is 0 Å². The lowest BCUT2D eigenvalue weighted by Crippen LogP contribution is -2.33. The molecule has 10 nitrogen and oxygen atoms in total. The average Bonchev–Trinajstić information content (AvgIpc) is 3.58. The van der Waals surface area contributed by atoms with Crippen LogP contribution in [0.25, 0.3) is 5.73 Å². The highest BCUT2D eigenvalue weighted by Crippen LogP contribution is 2.39. The van der Waals surface area contributed by atoms with Crippen molar-refractivity contribution in [3.8, 4) is 0 Å². The van der Waals surface area contributed by atoms with Crippen molar-refractivity contribution >= 4 is 23.3 Å². The molecule has 1 fully saturated rings. The number of carboxylic acids is 1. The fourth-order valence-corrected chi connectivity index (χ4v) is 2.80. The lowest BCUT2D eigenvalue weighted by Gasteiger charge is -2.17. The number of hydrogen-bond acceptors (Lipinski definition) is 6. The van der Waals surface area contributed by atoms with Gasteiger partial charge in [0.15, 0.2) is 0 Å². The maximum atomic E-state index is 13.1. The number of alkyl halides is 3. The largest absolute Gasteiger partial charge is 0.664 e. The second-order valence-corrected chi connectivity index (χ2v) is 7.75. The molecule has 1 aliphatic rings. The number of amides is 1. The molecule has 36 heavy (non-hydrogen) atoms. The van der Waals surface area contributed by atoms with E-state index in [9.17, 15) is 31.9 Å². The molecule has 0 bridgehead atoms. The SMILES string of the molecule is O=C(O)c1cn[nH]c(=O)c1.[NH-]C1(C(=O)NCc2ccc(Nc3ccc(F)cc3C(F)(F)F)cn2)CC1. The first-order valence-electron chi connectivity index (χ1n) is 10.3. The Morgan fingerprint density at radius 3 is 2.39 bits per heavy atom. The molecule has 1 saturated carbocycles. The normalized spacial score (nSPS) is 13.7. The molecular weight excluding hydrogens is 488 g/mol. The summed E-state index contributed by atoms with van der Waals surface area (Å²) in [5.74, 6) is -2.49. The average molecular weight is 507 g/mol. The smallest absolute Gasteiger partial charge is 0.418 e. The molecule has 1 amide bonds. The van der Waals surface area contributed by atoms with E-state index in [4.69, 9.17) is 10.8 Å². The van der Waals surface area contributed by atoms with Gasteiger partial charge in [-0.1, -0.05) is 12.8 Å². The lowest BCUT2D eigenvalue weighted by atomic mass is 10.1. The van der Waals surface area contributed by atoms with E-state index in [0.29, 0.717) is 24.6 Å². The Labute approximate surface area is 200 Å². The van der Waals surface area contributed by atoms with Gasteiger partial charge in [0.2, 0.25) is 5.91 Å². The van der Waals surface area contributed by atoms with Gasteiger partial charge in [0.05, 0.1) is 47.1 Å². The number of carboxylic acid groups (broad SMARTS) is 1. The fourth-order valence-electron chi connectivity index (χ4n) is 2.80. The van der Waals surface area contributed by atoms with Crippen LogP contribution in [0.1, 0.15) is 34.5 Å². The zero-order valence-electron chi connectivity index (χ0n) is 18.3. The topological polar surface area (TPSA) is 161 Å². The second kappa shape index (κ2) is 10.5. The van der Waals surface area contributed by atoms with E-state index in [2.05, 4.69) is 25.8 Å². The third-order valence-corrected chi connectivity index (χ3v) is 4.92. The van der Waals surface area contributed by atoms with Crippen molar-refractivity contribution in [3.05, 3.63) is 87.5 Å². The molecule has 0 atom stereocenters. The summed E-state index contributed by atoms with van der Waals surface area (Å²) in [6, 6.07) is 6.39. The van der Waals surface area contributed by atoms with Gasteiger partial charge in [0.25, 0.3) is 5.56 Å². The summed E-state index contributed by atoms with van der Waals surface area (Å²) in [5, 5.41) is 18.8. The number of H-pyrrole nitrogens is 1. The number of nitrogens with zero attached hydrogens (tertiary/aromatic N) is 2. The molecular formula is C22H19F4N6O4-. The predicted octanol–water partition coefficient (Wildman–Crippen LogP) is 3.65. The quantitative estimate of drug-likeness (QED) is 0.370. The van der Waals surface area contributed by atoms with Gasteiger partial charge < -0.3 is 21.5 Å². The van der Waals surface area contributed by atoms with Gasteiger partial charge in [0, 0.05) is 6.07 Å². The molecule has 1 aliphatic carbocycles. The van der Waals surface area contributed by atoms with Crippen molar-refractivity contribution in [1.82, 2.24) is 20.5 Å². The van der Waals surface area contributed by atoms with E-state index in [1.807, 2.05) is 0 Å². The number of anilines is 2. The standard InChI is InChI=1S/C17H15F4N4O.C5H4N2O3/c18-10-1-4-14(13(7-10)17(19,20)21)25-12-3-2-11(23-9-12)8-24-15(26)16(22)5-6-16;8-4-1-3(5(9)10)2-6-7-4/h1-4,7,9,22,25H,5-6,8H2,(H,24,26);1-2H,(H,7,8)(H,9,10)/q-1;. The van der Waals surface area contributed by atoms with Gasteiger partial charge >= 0.3 is 12.1 Å². The predicted molar refractivity (Wildman–Crippen MR) is 119 cm³/mol. The van der Waals surface area contributed by atoms with Crippen LogP contribution in [0, 0.1) is 5.82 Å². The fraction of sp³-hybridized carbons (Fsp3) is 0.227. The Kier molecular flexibility index (Phi) is 7.68. The molecule has 1 aromatic carbocycles. The molecule has 14 heteroatoms. The highest BCUT2D eigenvalue weighted by atomic mass is 19.4. The van der Waals surface area contributed by atoms with E-state index < -0.39 is 34.6 Å². The number of halogens is 4. The van der Waals surface area contributed by atoms with Gasteiger partial charge in [-0.25, -0.2) is 14.3 Å². The molecule has 2 heterocycles. The number of carbonyl (C=O) groups excluding carboxylic acids is 1. The summed E-state index contributed by atoms with van der Waals surface area (Å²) in [6.45, 7) is 0.129. The number of aromatic nitrogens is 3. The van der Waals surface area contributed by atoms with Crippen molar-refractivity contribution in [2.75, 3.05) is 5.32 Å². The summed E-state index contributed by atoms with van der Waals surface area (Å²) >= 11 is 0. The van der Waals surface area contributed by atoms with Crippen LogP contribution in [0.15, 0.2) is 53.6 Å². The molecule has 5 N–H and O–H groups in total. The maximum Gasteiger partial charge on any atom is 0.418 e. The molecule has 2 aromatic heterocycles. The first kappa shape index (κ1) is 26.3. The number of carbonyl (C=O) groups is 2. The Bertz CT molecular complexity index is 1310. The van der Waals surface area contributed by atoms with Crippen LogP contribution in [-0.2, 0) is 17.5 Å². The summed E-state index contributed by atoms with van der Waals surface area (Å²) in [4.78, 5) is 36.3. The highest BCUT2D eigenvalue weighted by Gasteiger charge is 2.37. The number of hydrogen-bond donors (Lipinski definition) is 4. The number of rotatable bonds is 6. The van der Waals surface area contributed by atoms with Crippen molar-refractivity contribution in [2.24, 2.45) is 0 Å². The minimum atomic E-state index is -4.70. The number of nitrogens with one attached hydrogen (secondary N) is 4. The monoisotopic (exact) mass is 507 g/mol. The van der Waals surface area contributed by atoms with Crippen molar-refractivity contribution < 1.29 is 32.3 Å². The summed E-state index contributed by atoms with van der Waals surface area (Å²) < 4.78 is 52.1.